The third-order valence-corrected chi connectivity index (χ3v) is 13.4. The van der Waals surface area contributed by atoms with Crippen molar-refractivity contribution in [2.45, 2.75) is 5.41 Å². The van der Waals surface area contributed by atoms with Crippen LogP contribution in [-0.2, 0) is 5.41 Å². The second-order valence-electron chi connectivity index (χ2n) is 16.3. The summed E-state index contributed by atoms with van der Waals surface area (Å²) in [6.45, 7) is 0. The van der Waals surface area contributed by atoms with Crippen LogP contribution >= 0.6 is 0 Å². The fourth-order valence-corrected chi connectivity index (χ4v) is 11.1. The van der Waals surface area contributed by atoms with E-state index in [0.29, 0.717) is 0 Å². The van der Waals surface area contributed by atoms with Gasteiger partial charge in [-0.3, -0.25) is 0 Å². The van der Waals surface area contributed by atoms with E-state index in [1.165, 1.54) is 121 Å². The maximum Gasteiger partial charge on any atom is 0.0731 e. The van der Waals surface area contributed by atoms with Crippen LogP contribution in [0.2, 0.25) is 0 Å². The van der Waals surface area contributed by atoms with Crippen LogP contribution in [0.15, 0.2) is 218 Å². The van der Waals surface area contributed by atoms with E-state index in [1.807, 2.05) is 0 Å². The van der Waals surface area contributed by atoms with Gasteiger partial charge >= 0.3 is 0 Å². The summed E-state index contributed by atoms with van der Waals surface area (Å²) in [6, 6.07) is 81.8. The molecule has 0 heteroatoms. The van der Waals surface area contributed by atoms with Gasteiger partial charge in [0.2, 0.25) is 0 Å². The molecule has 0 fully saturated rings. The Hall–Kier alpha value is -7.54. The van der Waals surface area contributed by atoms with Crippen LogP contribution in [0.5, 0.6) is 0 Å². The molecular weight excluding hydrogens is 709 g/mol. The predicted molar refractivity (Wildman–Crippen MR) is 249 cm³/mol. The van der Waals surface area contributed by atoms with Crippen LogP contribution in [-0.4, -0.2) is 0 Å². The Labute approximate surface area is 343 Å². The van der Waals surface area contributed by atoms with Crippen molar-refractivity contribution in [3.63, 3.8) is 0 Å². The summed E-state index contributed by atoms with van der Waals surface area (Å²) in [7, 11) is 0. The molecule has 0 aliphatic heterocycles. The molecule has 2 aliphatic carbocycles. The van der Waals surface area contributed by atoms with Crippen molar-refractivity contribution in [3.8, 4) is 55.6 Å². The number of rotatable bonds is 3. The molecule has 1 spiro atoms. The zero-order valence-electron chi connectivity index (χ0n) is 32.3. The Kier molecular flexibility index (Phi) is 6.74. The molecule has 0 atom stereocenters. The van der Waals surface area contributed by atoms with E-state index < -0.39 is 5.41 Å². The lowest BCUT2D eigenvalue weighted by molar-refractivity contribution is 0.802. The Morgan fingerprint density at radius 1 is 0.237 bits per heavy atom. The average molecular weight is 745 g/mol. The van der Waals surface area contributed by atoms with E-state index >= 15 is 0 Å². The van der Waals surface area contributed by atoms with Gasteiger partial charge in [-0.2, -0.15) is 0 Å². The van der Waals surface area contributed by atoms with Crippen molar-refractivity contribution in [2.24, 2.45) is 0 Å². The second-order valence-corrected chi connectivity index (χ2v) is 16.3. The summed E-state index contributed by atoms with van der Waals surface area (Å²) in [5, 5.41) is 10.2. The largest absolute Gasteiger partial charge is 0.0731 e. The maximum atomic E-state index is 2.49. The van der Waals surface area contributed by atoms with Gasteiger partial charge in [0.25, 0.3) is 0 Å². The molecule has 0 bridgehead atoms. The van der Waals surface area contributed by atoms with Gasteiger partial charge in [0.15, 0.2) is 0 Å². The fourth-order valence-electron chi connectivity index (χ4n) is 11.1. The van der Waals surface area contributed by atoms with Crippen LogP contribution < -0.4 is 0 Å². The fraction of sp³-hybridized carbons (Fsp3) is 0.0169. The van der Waals surface area contributed by atoms with E-state index in [1.54, 1.807) is 0 Å². The Morgan fingerprint density at radius 3 is 1.42 bits per heavy atom. The highest BCUT2D eigenvalue weighted by Crippen LogP contribution is 2.64. The van der Waals surface area contributed by atoms with Gasteiger partial charge in [0.05, 0.1) is 5.41 Å². The van der Waals surface area contributed by atoms with Gasteiger partial charge in [-0.15, -0.1) is 0 Å². The third-order valence-electron chi connectivity index (χ3n) is 13.4. The summed E-state index contributed by atoms with van der Waals surface area (Å²) >= 11 is 0. The Morgan fingerprint density at radius 2 is 0.763 bits per heavy atom. The zero-order chi connectivity index (χ0) is 38.7. The molecule has 11 aromatic rings. The number of hydrogen-bond acceptors (Lipinski definition) is 0. The smallest absolute Gasteiger partial charge is 0.0622 e. The van der Waals surface area contributed by atoms with Crippen molar-refractivity contribution in [2.75, 3.05) is 0 Å². The molecule has 0 heterocycles. The molecule has 0 aromatic heterocycles. The normalized spacial score (nSPS) is 13.2. The first-order valence-electron chi connectivity index (χ1n) is 20.7. The standard InChI is InChI=1S/C59H36/c1-2-16-37(17-3-1)42-20-6-7-23-46(42)57-49-26-10-8-24-47(49)56(48-25-9-11-27-50(48)57)41-31-32-43-40(34-41)30-33-51-52-35-38-18-4-5-19-39(38)36-55(52)59(58(43)51)53-28-14-12-21-44(53)45-22-13-15-29-54(45)59/h1-36H. The Balaban J connectivity index is 1.09. The third kappa shape index (κ3) is 4.38. The maximum absolute atomic E-state index is 2.49. The van der Waals surface area contributed by atoms with Gasteiger partial charge in [-0.1, -0.05) is 200 Å². The van der Waals surface area contributed by atoms with E-state index in [4.69, 9.17) is 0 Å². The molecule has 2 aliphatic rings. The Bertz CT molecular complexity index is 3450. The summed E-state index contributed by atoms with van der Waals surface area (Å²) in [5.74, 6) is 0. The minimum absolute atomic E-state index is 0.434. The molecule has 0 saturated heterocycles. The topological polar surface area (TPSA) is 0 Å². The lowest BCUT2D eigenvalue weighted by Gasteiger charge is -2.31. The molecule has 0 unspecified atom stereocenters. The zero-order valence-corrected chi connectivity index (χ0v) is 32.3. The van der Waals surface area contributed by atoms with Crippen LogP contribution in [0.25, 0.3) is 98.7 Å². The highest BCUT2D eigenvalue weighted by Gasteiger charge is 2.52. The summed E-state index contributed by atoms with van der Waals surface area (Å²) < 4.78 is 0. The molecule has 0 amide bonds. The second kappa shape index (κ2) is 12.2. The first kappa shape index (κ1) is 32.5. The van der Waals surface area contributed by atoms with Gasteiger partial charge < -0.3 is 0 Å². The predicted octanol–water partition coefficient (Wildman–Crippen LogP) is 15.6. The number of benzene rings is 11. The average Bonchev–Trinajstić information content (AvgIpc) is 3.77. The first-order valence-corrected chi connectivity index (χ1v) is 20.7. The number of fused-ring (bicyclic) bond motifs is 15. The SMILES string of the molecule is c1ccc(-c2ccccc2-c2c3ccccc3c(-c3ccc4c5c(ccc4c3)-c3cc4ccccc4cc3C53c4ccccc4-c4ccccc43)c3ccccc23)cc1. The summed E-state index contributed by atoms with van der Waals surface area (Å²) in [4.78, 5) is 0. The van der Waals surface area contributed by atoms with E-state index in [-0.39, 0.29) is 0 Å². The molecule has 59 heavy (non-hydrogen) atoms. The van der Waals surface area contributed by atoms with Crippen molar-refractivity contribution < 1.29 is 0 Å². The van der Waals surface area contributed by atoms with Crippen LogP contribution in [0.4, 0.5) is 0 Å². The molecular formula is C59H36. The van der Waals surface area contributed by atoms with Crippen molar-refractivity contribution in [1.82, 2.24) is 0 Å². The van der Waals surface area contributed by atoms with E-state index in [0.717, 1.165) is 0 Å². The van der Waals surface area contributed by atoms with E-state index in [9.17, 15) is 0 Å². The molecule has 0 saturated carbocycles. The highest BCUT2D eigenvalue weighted by molar-refractivity contribution is 6.23. The molecule has 0 nitrogen and oxygen atoms in total. The number of hydrogen-bond donors (Lipinski definition) is 0. The van der Waals surface area contributed by atoms with Gasteiger partial charge in [-0.25, -0.2) is 0 Å². The van der Waals surface area contributed by atoms with Crippen LogP contribution in [0.1, 0.15) is 22.3 Å². The summed E-state index contributed by atoms with van der Waals surface area (Å²) in [6.07, 6.45) is 0. The quantitative estimate of drug-likeness (QED) is 0.158. The molecule has 0 radical (unpaired) electrons. The van der Waals surface area contributed by atoms with E-state index in [2.05, 4.69) is 218 Å². The molecule has 0 N–H and O–H groups in total. The van der Waals surface area contributed by atoms with Crippen LogP contribution in [0, 0.1) is 0 Å². The molecule has 272 valence electrons. The van der Waals surface area contributed by atoms with Gasteiger partial charge in [0, 0.05) is 0 Å². The molecule has 11 aromatic carbocycles. The van der Waals surface area contributed by atoms with Crippen LogP contribution in [0.3, 0.4) is 0 Å². The highest BCUT2D eigenvalue weighted by atomic mass is 14.5. The minimum Gasteiger partial charge on any atom is -0.0622 e. The van der Waals surface area contributed by atoms with Gasteiger partial charge in [-0.05, 0) is 139 Å². The summed E-state index contributed by atoms with van der Waals surface area (Å²) in [5.41, 5.74) is 17.9. The van der Waals surface area contributed by atoms with Crippen molar-refractivity contribution in [3.05, 3.63) is 241 Å². The lowest BCUT2D eigenvalue weighted by Crippen LogP contribution is -2.26. The van der Waals surface area contributed by atoms with Crippen molar-refractivity contribution >= 4 is 43.1 Å². The molecule has 13 rings (SSSR count). The first-order chi connectivity index (χ1) is 29.3. The lowest BCUT2D eigenvalue weighted by atomic mass is 9.69. The van der Waals surface area contributed by atoms with Crippen molar-refractivity contribution in [1.29, 1.82) is 0 Å². The minimum atomic E-state index is -0.434. The monoisotopic (exact) mass is 744 g/mol. The van der Waals surface area contributed by atoms with Gasteiger partial charge in [0.1, 0.15) is 0 Å².